The fourth-order valence-electron chi connectivity index (χ4n) is 2.02. The first-order valence-electron chi connectivity index (χ1n) is 6.20. The number of hydrogen-bond donors (Lipinski definition) is 1. The molecule has 1 aromatic carbocycles. The van der Waals surface area contributed by atoms with Crippen LogP contribution in [0.15, 0.2) is 35.8 Å². The molecular weight excluding hydrogens is 292 g/mol. The molecule has 3 rings (SSSR count). The van der Waals surface area contributed by atoms with Gasteiger partial charge in [-0.3, -0.25) is 0 Å². The van der Waals surface area contributed by atoms with Crippen LogP contribution in [0.1, 0.15) is 5.56 Å². The largest absolute Gasteiger partial charge is 0.432 e. The molecule has 0 fully saturated rings. The molecule has 0 unspecified atom stereocenters. The van der Waals surface area contributed by atoms with E-state index in [1.807, 2.05) is 25.2 Å². The van der Waals surface area contributed by atoms with Gasteiger partial charge >= 0.3 is 11.7 Å². The molecule has 0 spiro atoms. The second-order valence-corrected chi connectivity index (χ2v) is 5.21. The molecule has 0 saturated heterocycles. The molecule has 3 aromatic rings. The van der Waals surface area contributed by atoms with Gasteiger partial charge in [-0.15, -0.1) is 0 Å². The summed E-state index contributed by atoms with van der Waals surface area (Å²) in [5.41, 5.74) is 1.03. The smallest absolute Gasteiger partial charge is 0.393 e. The Morgan fingerprint density at radius 1 is 1.52 bits per heavy atom. The number of aromatic nitrogens is 2. The van der Waals surface area contributed by atoms with Crippen molar-refractivity contribution in [2.45, 2.75) is 6.54 Å². The van der Waals surface area contributed by atoms with Gasteiger partial charge in [0.2, 0.25) is 0 Å². The number of nitrogens with one attached hydrogen (secondary N) is 1. The summed E-state index contributed by atoms with van der Waals surface area (Å²) in [6, 6.07) is 7.36. The maximum atomic E-state index is 11.2. The molecule has 0 saturated carbocycles. The summed E-state index contributed by atoms with van der Waals surface area (Å²) < 4.78 is 7.02. The molecule has 7 nitrogen and oxygen atoms in total. The van der Waals surface area contributed by atoms with Crippen LogP contribution in [-0.2, 0) is 6.54 Å². The Kier molecular flexibility index (Phi) is 3.55. The molecule has 21 heavy (non-hydrogen) atoms. The van der Waals surface area contributed by atoms with Crippen molar-refractivity contribution < 1.29 is 9.66 Å². The highest BCUT2D eigenvalue weighted by Crippen LogP contribution is 2.33. The van der Waals surface area contributed by atoms with Crippen LogP contribution in [0.25, 0.3) is 4.96 Å². The zero-order valence-corrected chi connectivity index (χ0v) is 12.0. The van der Waals surface area contributed by atoms with Crippen LogP contribution >= 0.6 is 11.3 Å². The first kappa shape index (κ1) is 13.5. The van der Waals surface area contributed by atoms with E-state index in [1.165, 1.54) is 15.7 Å². The van der Waals surface area contributed by atoms with Gasteiger partial charge in [-0.2, -0.15) is 9.38 Å². The average molecular weight is 304 g/mol. The highest BCUT2D eigenvalue weighted by atomic mass is 32.1. The number of ether oxygens (including phenoxy) is 1. The summed E-state index contributed by atoms with van der Waals surface area (Å²) in [6.07, 6.45) is 1.61. The number of hydrogen-bond acceptors (Lipinski definition) is 6. The lowest BCUT2D eigenvalue weighted by Crippen LogP contribution is -2.04. The molecule has 0 amide bonds. The molecule has 0 bridgehead atoms. The van der Waals surface area contributed by atoms with Crippen molar-refractivity contribution in [1.29, 1.82) is 0 Å². The van der Waals surface area contributed by atoms with Crippen molar-refractivity contribution in [1.82, 2.24) is 14.7 Å². The number of thiazole rings is 1. The van der Waals surface area contributed by atoms with Crippen molar-refractivity contribution in [3.63, 3.8) is 0 Å². The van der Waals surface area contributed by atoms with Crippen LogP contribution in [0.2, 0.25) is 0 Å². The van der Waals surface area contributed by atoms with Gasteiger partial charge in [0, 0.05) is 11.9 Å². The molecule has 8 heteroatoms. The van der Waals surface area contributed by atoms with Gasteiger partial charge in [0.25, 0.3) is 4.96 Å². The number of fused-ring (bicyclic) bond motifs is 1. The topological polar surface area (TPSA) is 81.7 Å². The lowest BCUT2D eigenvalue weighted by Gasteiger charge is -2.05. The molecule has 0 radical (unpaired) electrons. The van der Waals surface area contributed by atoms with E-state index in [0.29, 0.717) is 17.3 Å². The van der Waals surface area contributed by atoms with Gasteiger partial charge in [0.05, 0.1) is 0 Å². The van der Waals surface area contributed by atoms with E-state index in [0.717, 1.165) is 5.56 Å². The van der Waals surface area contributed by atoms with E-state index in [-0.39, 0.29) is 11.7 Å². The molecular formula is C13H12N4O3S. The van der Waals surface area contributed by atoms with E-state index >= 15 is 0 Å². The van der Waals surface area contributed by atoms with Crippen molar-refractivity contribution in [2.24, 2.45) is 0 Å². The van der Waals surface area contributed by atoms with E-state index < -0.39 is 4.92 Å². The third-order valence-electron chi connectivity index (χ3n) is 2.87. The Morgan fingerprint density at radius 3 is 3.14 bits per heavy atom. The number of imidazole rings is 1. The van der Waals surface area contributed by atoms with E-state index in [2.05, 4.69) is 10.3 Å². The Hall–Kier alpha value is -2.45. The summed E-state index contributed by atoms with van der Waals surface area (Å²) in [5.74, 6) is 0.371. The number of rotatable bonds is 5. The lowest BCUT2D eigenvalue weighted by molar-refractivity contribution is -0.391. The quantitative estimate of drug-likeness (QED) is 0.579. The SMILES string of the molecule is CNCc1cccc(Oc2nc3sccn3c2[N+](=O)[O-])c1. The maximum Gasteiger partial charge on any atom is 0.393 e. The number of benzene rings is 1. The van der Waals surface area contributed by atoms with Gasteiger partial charge in [-0.1, -0.05) is 23.5 Å². The van der Waals surface area contributed by atoms with Gasteiger partial charge in [-0.25, -0.2) is 0 Å². The Balaban J connectivity index is 1.97. The predicted molar refractivity (Wildman–Crippen MR) is 79.0 cm³/mol. The molecule has 2 heterocycles. The van der Waals surface area contributed by atoms with Crippen LogP contribution in [0.5, 0.6) is 11.6 Å². The van der Waals surface area contributed by atoms with Gasteiger partial charge < -0.3 is 20.2 Å². The summed E-state index contributed by atoms with van der Waals surface area (Å²) >= 11 is 1.32. The summed E-state index contributed by atoms with van der Waals surface area (Å²) in [5, 5.41) is 16.0. The molecule has 2 aromatic heterocycles. The number of nitrogens with zero attached hydrogens (tertiary/aromatic N) is 3. The minimum absolute atomic E-state index is 0.00783. The predicted octanol–water partition coefficient (Wildman–Crippen LogP) is 2.82. The molecule has 108 valence electrons. The average Bonchev–Trinajstić information content (AvgIpc) is 2.99. The Morgan fingerprint density at radius 2 is 2.38 bits per heavy atom. The molecule has 0 atom stereocenters. The van der Waals surface area contributed by atoms with E-state index in [9.17, 15) is 10.1 Å². The van der Waals surface area contributed by atoms with Crippen molar-refractivity contribution >= 4 is 22.1 Å². The second kappa shape index (κ2) is 5.51. The van der Waals surface area contributed by atoms with Crippen LogP contribution < -0.4 is 10.1 Å². The second-order valence-electron chi connectivity index (χ2n) is 4.33. The van der Waals surface area contributed by atoms with Crippen LogP contribution in [0, 0.1) is 10.1 Å². The monoisotopic (exact) mass is 304 g/mol. The van der Waals surface area contributed by atoms with Crippen molar-refractivity contribution in [3.05, 3.63) is 51.5 Å². The normalized spacial score (nSPS) is 10.9. The fraction of sp³-hybridized carbons (Fsp3) is 0.154. The highest BCUT2D eigenvalue weighted by molar-refractivity contribution is 7.15. The minimum atomic E-state index is -0.487. The van der Waals surface area contributed by atoms with Crippen LogP contribution in [0.4, 0.5) is 5.82 Å². The Labute approximate surface area is 124 Å². The fourth-order valence-corrected chi connectivity index (χ4v) is 2.72. The van der Waals surface area contributed by atoms with Crippen molar-refractivity contribution in [2.75, 3.05) is 7.05 Å². The first-order valence-corrected chi connectivity index (χ1v) is 7.08. The standard InChI is InChI=1S/C13H12N4O3S/c1-14-8-9-3-2-4-10(7-9)20-11-12(17(18)19)16-5-6-21-13(16)15-11/h2-7,14H,8H2,1H3. The van der Waals surface area contributed by atoms with E-state index in [4.69, 9.17) is 4.74 Å². The van der Waals surface area contributed by atoms with Crippen LogP contribution in [0.3, 0.4) is 0 Å². The maximum absolute atomic E-state index is 11.2. The molecule has 1 N–H and O–H groups in total. The third kappa shape index (κ3) is 2.58. The summed E-state index contributed by atoms with van der Waals surface area (Å²) in [4.78, 5) is 15.4. The van der Waals surface area contributed by atoms with Crippen molar-refractivity contribution in [3.8, 4) is 11.6 Å². The molecule has 0 aliphatic rings. The zero-order valence-electron chi connectivity index (χ0n) is 11.1. The van der Waals surface area contributed by atoms with E-state index in [1.54, 1.807) is 17.6 Å². The lowest BCUT2D eigenvalue weighted by atomic mass is 10.2. The molecule has 0 aliphatic carbocycles. The summed E-state index contributed by atoms with van der Waals surface area (Å²) in [7, 11) is 1.85. The zero-order chi connectivity index (χ0) is 14.8. The number of nitro groups is 1. The van der Waals surface area contributed by atoms with Crippen LogP contribution in [-0.4, -0.2) is 21.4 Å². The minimum Gasteiger partial charge on any atom is -0.432 e. The Bertz CT molecular complexity index is 796. The highest BCUT2D eigenvalue weighted by Gasteiger charge is 2.25. The van der Waals surface area contributed by atoms with Gasteiger partial charge in [0.1, 0.15) is 11.9 Å². The molecule has 0 aliphatic heterocycles. The first-order chi connectivity index (χ1) is 10.2. The van der Waals surface area contributed by atoms with Gasteiger partial charge in [-0.05, 0) is 29.7 Å². The third-order valence-corrected chi connectivity index (χ3v) is 3.63. The van der Waals surface area contributed by atoms with Gasteiger partial charge in [0.15, 0.2) is 0 Å². The summed E-state index contributed by atoms with van der Waals surface area (Å²) in [6.45, 7) is 0.692.